The van der Waals surface area contributed by atoms with E-state index >= 15 is 0 Å². The van der Waals surface area contributed by atoms with Gasteiger partial charge in [-0.3, -0.25) is 4.79 Å². The van der Waals surface area contributed by atoms with Gasteiger partial charge < -0.3 is 10.4 Å². The van der Waals surface area contributed by atoms with Crippen LogP contribution >= 0.6 is 0 Å². The van der Waals surface area contributed by atoms with Crippen molar-refractivity contribution in [3.05, 3.63) is 71.3 Å². The molecule has 158 valence electrons. The average molecular weight is 404 g/mol. The first-order valence-electron chi connectivity index (χ1n) is 10.8. The normalized spacial score (nSPS) is 12.2. The number of carbonyl (C=O) groups excluding carboxylic acids is 1. The third kappa shape index (κ3) is 4.07. The van der Waals surface area contributed by atoms with Crippen LogP contribution < -0.4 is 5.32 Å². The molecule has 0 unspecified atom stereocenters. The van der Waals surface area contributed by atoms with Crippen molar-refractivity contribution in [3.63, 3.8) is 0 Å². The van der Waals surface area contributed by atoms with E-state index in [1.165, 1.54) is 5.56 Å². The number of nitrogens with one attached hydrogen (secondary N) is 1. The maximum Gasteiger partial charge on any atom is 0.259 e. The van der Waals surface area contributed by atoms with E-state index in [9.17, 15) is 9.90 Å². The molecule has 3 heteroatoms. The summed E-state index contributed by atoms with van der Waals surface area (Å²) in [6, 6.07) is 17.5. The van der Waals surface area contributed by atoms with Crippen LogP contribution in [0.2, 0.25) is 0 Å². The number of anilines is 1. The lowest BCUT2D eigenvalue weighted by Crippen LogP contribution is -2.23. The molecule has 0 bridgehead atoms. The minimum absolute atomic E-state index is 0.0133. The van der Waals surface area contributed by atoms with Gasteiger partial charge in [0.25, 0.3) is 5.91 Å². The Kier molecular flexibility index (Phi) is 5.94. The molecule has 0 saturated carbocycles. The van der Waals surface area contributed by atoms with Crippen molar-refractivity contribution >= 4 is 22.4 Å². The molecule has 3 aromatic rings. The zero-order valence-corrected chi connectivity index (χ0v) is 19.0. The first-order valence-corrected chi connectivity index (χ1v) is 10.8. The molecule has 3 aromatic carbocycles. The number of carbonyl (C=O) groups is 1. The number of benzene rings is 3. The molecule has 0 aliphatic carbocycles. The number of amides is 1. The molecule has 0 heterocycles. The molecular weight excluding hydrogens is 370 g/mol. The highest BCUT2D eigenvalue weighted by atomic mass is 16.3. The second kappa shape index (κ2) is 8.14. The number of fused-ring (bicyclic) bond motifs is 1. The van der Waals surface area contributed by atoms with Crippen molar-refractivity contribution in [1.29, 1.82) is 0 Å². The number of hydrogen-bond acceptors (Lipinski definition) is 2. The first kappa shape index (κ1) is 21.9. The maximum atomic E-state index is 13.2. The van der Waals surface area contributed by atoms with Crippen molar-refractivity contribution in [3.8, 4) is 5.75 Å². The van der Waals surface area contributed by atoms with E-state index in [2.05, 4.69) is 65.1 Å². The Hall–Kier alpha value is -2.81. The van der Waals surface area contributed by atoms with Crippen LogP contribution in [0.1, 0.15) is 75.9 Å². The van der Waals surface area contributed by atoms with E-state index in [0.717, 1.165) is 29.5 Å². The summed E-state index contributed by atoms with van der Waals surface area (Å²) in [6.07, 6.45) is 1.95. The molecule has 0 fully saturated rings. The summed E-state index contributed by atoms with van der Waals surface area (Å²) in [5.74, 6) is -0.273. The van der Waals surface area contributed by atoms with Gasteiger partial charge >= 0.3 is 0 Å². The lowest BCUT2D eigenvalue weighted by Gasteiger charge is -2.30. The molecule has 0 aliphatic rings. The minimum atomic E-state index is -0.294. The fourth-order valence-electron chi connectivity index (χ4n) is 3.68. The third-order valence-corrected chi connectivity index (χ3v) is 6.69. The Bertz CT molecular complexity index is 1080. The largest absolute Gasteiger partial charge is 0.506 e. The van der Waals surface area contributed by atoms with Crippen LogP contribution in [-0.2, 0) is 10.8 Å². The molecule has 0 aromatic heterocycles. The summed E-state index contributed by atoms with van der Waals surface area (Å²) in [4.78, 5) is 13.2. The maximum absolute atomic E-state index is 13.2. The fourth-order valence-corrected chi connectivity index (χ4v) is 3.68. The molecule has 3 rings (SSSR count). The van der Waals surface area contributed by atoms with Crippen LogP contribution in [-0.4, -0.2) is 11.0 Å². The van der Waals surface area contributed by atoms with E-state index in [1.807, 2.05) is 30.3 Å². The minimum Gasteiger partial charge on any atom is -0.506 e. The van der Waals surface area contributed by atoms with Crippen LogP contribution in [0.25, 0.3) is 10.8 Å². The number of phenolic OH excluding ortho intramolecular Hbond substituents is 1. The average Bonchev–Trinajstić information content (AvgIpc) is 2.73. The van der Waals surface area contributed by atoms with Crippen LogP contribution in [0.5, 0.6) is 5.75 Å². The van der Waals surface area contributed by atoms with Gasteiger partial charge in [-0.1, -0.05) is 84.0 Å². The molecule has 1 amide bonds. The molecule has 30 heavy (non-hydrogen) atoms. The van der Waals surface area contributed by atoms with Gasteiger partial charge in [-0.05, 0) is 52.3 Å². The predicted octanol–water partition coefficient (Wildman–Crippen LogP) is 7.17. The summed E-state index contributed by atoms with van der Waals surface area (Å²) >= 11 is 0. The van der Waals surface area contributed by atoms with Crippen molar-refractivity contribution in [2.24, 2.45) is 0 Å². The second-order valence-electron chi connectivity index (χ2n) is 9.37. The Morgan fingerprint density at radius 1 is 0.900 bits per heavy atom. The van der Waals surface area contributed by atoms with Gasteiger partial charge in [-0.15, -0.1) is 0 Å². The van der Waals surface area contributed by atoms with Crippen LogP contribution in [0.4, 0.5) is 5.69 Å². The Morgan fingerprint density at radius 2 is 1.57 bits per heavy atom. The van der Waals surface area contributed by atoms with Gasteiger partial charge in [-0.25, -0.2) is 0 Å². The number of hydrogen-bond donors (Lipinski definition) is 2. The lowest BCUT2D eigenvalue weighted by atomic mass is 9.77. The van der Waals surface area contributed by atoms with Crippen molar-refractivity contribution in [2.45, 2.75) is 65.2 Å². The van der Waals surface area contributed by atoms with Crippen LogP contribution in [0.3, 0.4) is 0 Å². The predicted molar refractivity (Wildman–Crippen MR) is 127 cm³/mol. The molecule has 0 spiro atoms. The van der Waals surface area contributed by atoms with Gasteiger partial charge in [0.1, 0.15) is 5.75 Å². The molecule has 0 radical (unpaired) electrons. The van der Waals surface area contributed by atoms with Gasteiger partial charge in [0.2, 0.25) is 0 Å². The van der Waals surface area contributed by atoms with Gasteiger partial charge in [0, 0.05) is 11.1 Å². The molecule has 0 saturated heterocycles. The van der Waals surface area contributed by atoms with E-state index < -0.39 is 0 Å². The summed E-state index contributed by atoms with van der Waals surface area (Å²) in [5.41, 5.74) is 3.34. The number of phenols is 1. The summed E-state index contributed by atoms with van der Waals surface area (Å²) in [7, 11) is 0. The zero-order valence-electron chi connectivity index (χ0n) is 19.0. The summed E-state index contributed by atoms with van der Waals surface area (Å²) in [6.45, 7) is 13.1. The van der Waals surface area contributed by atoms with Gasteiger partial charge in [-0.2, -0.15) is 0 Å². The Balaban J connectivity index is 2.07. The van der Waals surface area contributed by atoms with E-state index in [0.29, 0.717) is 5.39 Å². The van der Waals surface area contributed by atoms with Gasteiger partial charge in [0.15, 0.2) is 0 Å². The summed E-state index contributed by atoms with van der Waals surface area (Å²) in [5, 5.41) is 15.4. The monoisotopic (exact) mass is 403 g/mol. The van der Waals surface area contributed by atoms with E-state index in [4.69, 9.17) is 0 Å². The SMILES string of the molecule is CCC(C)(C)c1ccc(C(C)(C)CC)c(NC(=O)c2ccc3ccccc3c2O)c1. The Labute approximate surface area is 180 Å². The fraction of sp³-hybridized carbons (Fsp3) is 0.370. The van der Waals surface area contributed by atoms with Crippen LogP contribution in [0.15, 0.2) is 54.6 Å². The second-order valence-corrected chi connectivity index (χ2v) is 9.37. The Morgan fingerprint density at radius 3 is 2.23 bits per heavy atom. The molecule has 2 N–H and O–H groups in total. The molecular formula is C27H33NO2. The van der Waals surface area contributed by atoms with E-state index in [-0.39, 0.29) is 28.1 Å². The van der Waals surface area contributed by atoms with Gasteiger partial charge in [0.05, 0.1) is 5.56 Å². The number of rotatable bonds is 6. The van der Waals surface area contributed by atoms with Crippen molar-refractivity contribution in [1.82, 2.24) is 0 Å². The van der Waals surface area contributed by atoms with Crippen molar-refractivity contribution in [2.75, 3.05) is 5.32 Å². The van der Waals surface area contributed by atoms with Crippen LogP contribution in [0, 0.1) is 0 Å². The number of aromatic hydroxyl groups is 1. The highest BCUT2D eigenvalue weighted by Gasteiger charge is 2.26. The quantitative estimate of drug-likeness (QED) is 0.458. The highest BCUT2D eigenvalue weighted by molar-refractivity contribution is 6.10. The summed E-state index contributed by atoms with van der Waals surface area (Å²) < 4.78 is 0. The van der Waals surface area contributed by atoms with Crippen molar-refractivity contribution < 1.29 is 9.90 Å². The lowest BCUT2D eigenvalue weighted by molar-refractivity contribution is 0.102. The molecule has 0 aliphatic heterocycles. The zero-order chi connectivity index (χ0) is 22.1. The smallest absolute Gasteiger partial charge is 0.259 e. The topological polar surface area (TPSA) is 49.3 Å². The molecule has 0 atom stereocenters. The molecule has 3 nitrogen and oxygen atoms in total. The van der Waals surface area contributed by atoms with E-state index in [1.54, 1.807) is 6.07 Å². The first-order chi connectivity index (χ1) is 14.1. The standard InChI is InChI=1S/C27H33NO2/c1-7-26(3,4)19-14-16-22(27(5,6)8-2)23(17-19)28-25(30)21-15-13-18-11-9-10-12-20(18)24(21)29/h9-17,29H,7-8H2,1-6H3,(H,28,30). The third-order valence-electron chi connectivity index (χ3n) is 6.69. The highest BCUT2D eigenvalue weighted by Crippen LogP contribution is 2.38.